The van der Waals surface area contributed by atoms with Crippen molar-refractivity contribution < 1.29 is 0 Å². The fraction of sp³-hybridized carbons (Fsp3) is 0.692. The van der Waals surface area contributed by atoms with Crippen molar-refractivity contribution in [2.75, 3.05) is 13.1 Å². The maximum atomic E-state index is 6.06. The molecule has 1 aromatic rings. The third kappa shape index (κ3) is 5.42. The lowest BCUT2D eigenvalue weighted by molar-refractivity contribution is 0.139. The number of aromatic nitrogens is 2. The molecule has 1 aliphatic rings. The molecule has 1 aromatic heterocycles. The highest BCUT2D eigenvalue weighted by molar-refractivity contribution is 6.29. The van der Waals surface area contributed by atoms with E-state index in [0.717, 1.165) is 18.7 Å². The van der Waals surface area contributed by atoms with Gasteiger partial charge in [-0.2, -0.15) is 0 Å². The van der Waals surface area contributed by atoms with Crippen molar-refractivity contribution in [1.82, 2.24) is 14.9 Å². The third-order valence-electron chi connectivity index (χ3n) is 3.49. The van der Waals surface area contributed by atoms with Gasteiger partial charge in [-0.3, -0.25) is 4.98 Å². The van der Waals surface area contributed by atoms with Crippen molar-refractivity contribution in [2.24, 2.45) is 5.92 Å². The summed E-state index contributed by atoms with van der Waals surface area (Å²) >= 11 is 6.06. The zero-order valence-corrected chi connectivity index (χ0v) is 13.8. The summed E-state index contributed by atoms with van der Waals surface area (Å²) in [5.41, 5.74) is 0.949. The molecule has 1 atom stereocenters. The Morgan fingerprint density at radius 2 is 2.00 bits per heavy atom. The maximum Gasteiger partial charge on any atom is 0.150 e. The van der Waals surface area contributed by atoms with Gasteiger partial charge in [0.2, 0.25) is 0 Å². The van der Waals surface area contributed by atoms with E-state index in [1.54, 1.807) is 12.4 Å². The van der Waals surface area contributed by atoms with Gasteiger partial charge in [-0.1, -0.05) is 11.6 Å². The van der Waals surface area contributed by atoms with Gasteiger partial charge in [0.15, 0.2) is 0 Å². The Labute approximate surface area is 133 Å². The van der Waals surface area contributed by atoms with Crippen molar-refractivity contribution in [3.63, 3.8) is 0 Å². The zero-order valence-electron chi connectivity index (χ0n) is 11.4. The molecule has 0 radical (unpaired) electrons. The molecule has 0 saturated carbocycles. The third-order valence-corrected chi connectivity index (χ3v) is 3.80. The molecular formula is C13H22Cl3N3. The second-order valence-corrected chi connectivity index (χ2v) is 5.45. The molecule has 19 heavy (non-hydrogen) atoms. The second-order valence-electron chi connectivity index (χ2n) is 5.09. The van der Waals surface area contributed by atoms with Gasteiger partial charge in [0.1, 0.15) is 5.15 Å². The Balaban J connectivity index is 0.00000162. The minimum absolute atomic E-state index is 0. The fourth-order valence-electron chi connectivity index (χ4n) is 2.49. The lowest BCUT2D eigenvalue weighted by Crippen LogP contribution is -2.40. The molecule has 2 heterocycles. The lowest BCUT2D eigenvalue weighted by atomic mass is 9.93. The van der Waals surface area contributed by atoms with Crippen molar-refractivity contribution in [2.45, 2.75) is 39.2 Å². The van der Waals surface area contributed by atoms with E-state index in [-0.39, 0.29) is 24.8 Å². The standard InChI is InChI=1S/C13H20ClN3.2ClH/c1-10(2)17-7-3-4-11(9-17)8-12-13(14)16-6-5-15-12;;/h5-6,10-11H,3-4,7-9H2,1-2H3;2*1H. The zero-order chi connectivity index (χ0) is 12.3. The Morgan fingerprint density at radius 1 is 1.32 bits per heavy atom. The minimum atomic E-state index is 0. The van der Waals surface area contributed by atoms with E-state index in [2.05, 4.69) is 28.7 Å². The van der Waals surface area contributed by atoms with E-state index in [4.69, 9.17) is 11.6 Å². The summed E-state index contributed by atoms with van der Waals surface area (Å²) in [7, 11) is 0. The summed E-state index contributed by atoms with van der Waals surface area (Å²) in [6, 6.07) is 0.634. The van der Waals surface area contributed by atoms with Crippen LogP contribution in [0.5, 0.6) is 0 Å². The monoisotopic (exact) mass is 325 g/mol. The fourth-order valence-corrected chi connectivity index (χ4v) is 2.68. The highest BCUT2D eigenvalue weighted by Gasteiger charge is 2.22. The first-order valence-corrected chi connectivity index (χ1v) is 6.74. The van der Waals surface area contributed by atoms with Gasteiger partial charge in [-0.15, -0.1) is 24.8 Å². The van der Waals surface area contributed by atoms with E-state index >= 15 is 0 Å². The first kappa shape index (κ1) is 18.9. The van der Waals surface area contributed by atoms with E-state index in [1.165, 1.54) is 19.4 Å². The van der Waals surface area contributed by atoms with E-state index in [0.29, 0.717) is 17.1 Å². The summed E-state index contributed by atoms with van der Waals surface area (Å²) in [5.74, 6) is 0.667. The van der Waals surface area contributed by atoms with Crippen LogP contribution in [0.2, 0.25) is 5.15 Å². The molecule has 1 fully saturated rings. The molecule has 0 aliphatic carbocycles. The average molecular weight is 327 g/mol. The van der Waals surface area contributed by atoms with E-state index in [9.17, 15) is 0 Å². The molecule has 1 saturated heterocycles. The molecule has 110 valence electrons. The number of likely N-dealkylation sites (tertiary alicyclic amines) is 1. The van der Waals surface area contributed by atoms with E-state index in [1.807, 2.05) is 0 Å². The molecule has 1 unspecified atom stereocenters. The molecule has 2 rings (SSSR count). The summed E-state index contributed by atoms with van der Waals surface area (Å²) < 4.78 is 0. The smallest absolute Gasteiger partial charge is 0.150 e. The molecule has 3 nitrogen and oxygen atoms in total. The predicted octanol–water partition coefficient (Wildman–Crippen LogP) is 3.64. The molecule has 0 N–H and O–H groups in total. The summed E-state index contributed by atoms with van der Waals surface area (Å²) in [6.45, 7) is 6.91. The van der Waals surface area contributed by atoms with Gasteiger partial charge in [-0.05, 0) is 45.6 Å². The Bertz CT molecular complexity index is 374. The normalized spacial score (nSPS) is 19.7. The average Bonchev–Trinajstić information content (AvgIpc) is 2.32. The Morgan fingerprint density at radius 3 is 2.63 bits per heavy atom. The van der Waals surface area contributed by atoms with E-state index < -0.39 is 0 Å². The van der Waals surface area contributed by atoms with Crippen LogP contribution >= 0.6 is 36.4 Å². The number of hydrogen-bond donors (Lipinski definition) is 0. The first-order chi connectivity index (χ1) is 8.16. The van der Waals surface area contributed by atoms with Gasteiger partial charge in [-0.25, -0.2) is 4.98 Å². The summed E-state index contributed by atoms with van der Waals surface area (Å²) in [5, 5.41) is 0.564. The lowest BCUT2D eigenvalue weighted by Gasteiger charge is -2.35. The second kappa shape index (κ2) is 8.96. The number of piperidine rings is 1. The van der Waals surface area contributed by atoms with Gasteiger partial charge in [0, 0.05) is 25.0 Å². The number of hydrogen-bond acceptors (Lipinski definition) is 3. The van der Waals surface area contributed by atoms with Crippen LogP contribution < -0.4 is 0 Å². The van der Waals surface area contributed by atoms with Crippen molar-refractivity contribution >= 4 is 36.4 Å². The number of rotatable bonds is 3. The van der Waals surface area contributed by atoms with Crippen molar-refractivity contribution in [3.05, 3.63) is 23.2 Å². The maximum absolute atomic E-state index is 6.06. The molecule has 0 bridgehead atoms. The van der Waals surface area contributed by atoms with Gasteiger partial charge < -0.3 is 4.90 Å². The molecule has 6 heteroatoms. The predicted molar refractivity (Wildman–Crippen MR) is 84.7 cm³/mol. The quantitative estimate of drug-likeness (QED) is 0.849. The highest BCUT2D eigenvalue weighted by atomic mass is 35.5. The van der Waals surface area contributed by atoms with Crippen LogP contribution in [0.3, 0.4) is 0 Å². The molecule has 0 aromatic carbocycles. The van der Waals surface area contributed by atoms with Crippen LogP contribution in [0, 0.1) is 5.92 Å². The SMILES string of the molecule is CC(C)N1CCCC(Cc2nccnc2Cl)C1.Cl.Cl. The van der Waals surface area contributed by atoms with Crippen LogP contribution in [0.1, 0.15) is 32.4 Å². The Kier molecular flexibility index (Phi) is 8.92. The molecule has 0 amide bonds. The van der Waals surface area contributed by atoms with Crippen LogP contribution in [0.15, 0.2) is 12.4 Å². The summed E-state index contributed by atoms with van der Waals surface area (Å²) in [6.07, 6.45) is 6.88. The first-order valence-electron chi connectivity index (χ1n) is 6.36. The number of halogens is 3. The van der Waals surface area contributed by atoms with Crippen LogP contribution in [0.4, 0.5) is 0 Å². The molecular weight excluding hydrogens is 305 g/mol. The van der Waals surface area contributed by atoms with Crippen LogP contribution in [-0.2, 0) is 6.42 Å². The topological polar surface area (TPSA) is 29.0 Å². The van der Waals surface area contributed by atoms with Crippen LogP contribution in [0.25, 0.3) is 0 Å². The summed E-state index contributed by atoms with van der Waals surface area (Å²) in [4.78, 5) is 11.0. The minimum Gasteiger partial charge on any atom is -0.301 e. The Hall–Kier alpha value is -0.0900. The van der Waals surface area contributed by atoms with Crippen molar-refractivity contribution in [3.8, 4) is 0 Å². The van der Waals surface area contributed by atoms with Crippen molar-refractivity contribution in [1.29, 1.82) is 0 Å². The molecule has 0 spiro atoms. The van der Waals surface area contributed by atoms with Gasteiger partial charge in [0.25, 0.3) is 0 Å². The van der Waals surface area contributed by atoms with Gasteiger partial charge in [0.05, 0.1) is 5.69 Å². The number of nitrogens with zero attached hydrogens (tertiary/aromatic N) is 3. The highest BCUT2D eigenvalue weighted by Crippen LogP contribution is 2.23. The molecule has 1 aliphatic heterocycles. The van der Waals surface area contributed by atoms with Crippen LogP contribution in [-0.4, -0.2) is 34.0 Å². The largest absolute Gasteiger partial charge is 0.301 e. The van der Waals surface area contributed by atoms with Gasteiger partial charge >= 0.3 is 0 Å².